The Labute approximate surface area is 199 Å². The molecule has 1 aromatic carbocycles. The van der Waals surface area contributed by atoms with Crippen molar-refractivity contribution >= 4 is 17.8 Å². The Morgan fingerprint density at radius 1 is 1.06 bits per heavy atom. The van der Waals surface area contributed by atoms with Crippen LogP contribution in [0.5, 0.6) is 0 Å². The first-order valence-electron chi connectivity index (χ1n) is 11.7. The van der Waals surface area contributed by atoms with Crippen LogP contribution in [0.3, 0.4) is 0 Å². The van der Waals surface area contributed by atoms with E-state index in [0.717, 1.165) is 11.6 Å². The van der Waals surface area contributed by atoms with E-state index in [2.05, 4.69) is 19.2 Å². The van der Waals surface area contributed by atoms with E-state index in [1.165, 1.54) is 6.08 Å². The Kier molecular flexibility index (Phi) is 9.88. The van der Waals surface area contributed by atoms with Crippen molar-refractivity contribution in [2.75, 3.05) is 7.05 Å². The van der Waals surface area contributed by atoms with Gasteiger partial charge in [-0.25, -0.2) is 4.79 Å². The van der Waals surface area contributed by atoms with Gasteiger partial charge >= 0.3 is 5.97 Å². The smallest absolute Gasteiger partial charge is 0.328 e. The number of amides is 2. The van der Waals surface area contributed by atoms with E-state index in [-0.39, 0.29) is 23.7 Å². The van der Waals surface area contributed by atoms with Crippen molar-refractivity contribution < 1.29 is 19.5 Å². The molecular weight excluding hydrogens is 416 g/mol. The largest absolute Gasteiger partial charge is 0.478 e. The number of nitrogens with one attached hydrogen (secondary N) is 1. The van der Waals surface area contributed by atoms with Crippen LogP contribution in [0.1, 0.15) is 67.4 Å². The zero-order valence-corrected chi connectivity index (χ0v) is 21.7. The fourth-order valence-electron chi connectivity index (χ4n) is 4.31. The van der Waals surface area contributed by atoms with Crippen LogP contribution in [-0.4, -0.2) is 46.9 Å². The maximum atomic E-state index is 13.6. The van der Waals surface area contributed by atoms with E-state index in [0.29, 0.717) is 6.42 Å². The van der Waals surface area contributed by atoms with E-state index in [4.69, 9.17) is 5.11 Å². The zero-order chi connectivity index (χ0) is 25.6. The lowest BCUT2D eigenvalue weighted by Crippen LogP contribution is -2.58. The molecule has 0 aliphatic heterocycles. The third kappa shape index (κ3) is 7.44. The van der Waals surface area contributed by atoms with Crippen LogP contribution in [0.25, 0.3) is 0 Å². The maximum Gasteiger partial charge on any atom is 0.328 e. The molecule has 0 spiro atoms. The summed E-state index contributed by atoms with van der Waals surface area (Å²) in [6.45, 7) is 15.7. The van der Waals surface area contributed by atoms with Gasteiger partial charge in [0.2, 0.25) is 11.8 Å². The molecule has 0 heterocycles. The zero-order valence-electron chi connectivity index (χ0n) is 21.7. The maximum absolute atomic E-state index is 13.6. The Morgan fingerprint density at radius 3 is 2.03 bits per heavy atom. The van der Waals surface area contributed by atoms with Crippen molar-refractivity contribution in [2.45, 2.75) is 79.3 Å². The predicted octanol–water partition coefficient (Wildman–Crippen LogP) is 4.65. The first-order chi connectivity index (χ1) is 15.1. The van der Waals surface area contributed by atoms with Crippen molar-refractivity contribution in [3.8, 4) is 0 Å². The molecule has 2 N–H and O–H groups in total. The molecule has 0 saturated heterocycles. The van der Waals surface area contributed by atoms with Gasteiger partial charge in [-0.15, -0.1) is 0 Å². The number of carbonyl (C=O) groups excluding carboxylic acids is 2. The number of carboxylic acids is 1. The van der Waals surface area contributed by atoms with E-state index in [9.17, 15) is 14.4 Å². The van der Waals surface area contributed by atoms with Crippen LogP contribution in [0.4, 0.5) is 0 Å². The van der Waals surface area contributed by atoms with Crippen LogP contribution in [-0.2, 0) is 19.8 Å². The topological polar surface area (TPSA) is 86.7 Å². The number of carbonyl (C=O) groups is 3. The Bertz CT molecular complexity index is 837. The van der Waals surface area contributed by atoms with Gasteiger partial charge in [-0.3, -0.25) is 9.59 Å². The Morgan fingerprint density at radius 2 is 1.61 bits per heavy atom. The van der Waals surface area contributed by atoms with Crippen molar-refractivity contribution in [2.24, 2.45) is 17.3 Å². The third-order valence-corrected chi connectivity index (χ3v) is 6.43. The van der Waals surface area contributed by atoms with E-state index in [1.54, 1.807) is 11.9 Å². The average Bonchev–Trinajstić information content (AvgIpc) is 2.71. The summed E-state index contributed by atoms with van der Waals surface area (Å²) in [4.78, 5) is 39.7. The molecule has 0 fully saturated rings. The average molecular weight is 459 g/mol. The molecule has 0 aromatic heterocycles. The summed E-state index contributed by atoms with van der Waals surface area (Å²) in [6.07, 6.45) is 3.22. The van der Waals surface area contributed by atoms with Gasteiger partial charge in [0.05, 0.1) is 6.04 Å². The summed E-state index contributed by atoms with van der Waals surface area (Å²) in [5.74, 6) is -1.77. The second-order valence-corrected chi connectivity index (χ2v) is 10.7. The lowest BCUT2D eigenvalue weighted by atomic mass is 9.71. The minimum Gasteiger partial charge on any atom is -0.478 e. The van der Waals surface area contributed by atoms with Crippen LogP contribution < -0.4 is 5.32 Å². The first-order valence-corrected chi connectivity index (χ1v) is 11.7. The summed E-state index contributed by atoms with van der Waals surface area (Å²) < 4.78 is 0. The molecule has 0 unspecified atom stereocenters. The van der Waals surface area contributed by atoms with Gasteiger partial charge in [-0.05, 0) is 23.3 Å². The number of hydrogen-bond acceptors (Lipinski definition) is 3. The minimum absolute atomic E-state index is 0.00581. The summed E-state index contributed by atoms with van der Waals surface area (Å²) >= 11 is 0. The van der Waals surface area contributed by atoms with E-state index < -0.39 is 28.9 Å². The van der Waals surface area contributed by atoms with Crippen LogP contribution in [0, 0.1) is 17.3 Å². The Balaban J connectivity index is 3.24. The second kappa shape index (κ2) is 11.5. The van der Waals surface area contributed by atoms with Crippen LogP contribution in [0.2, 0.25) is 0 Å². The standard InChI is InChI=1S/C27H42N2O4/c1-10-20(27(7,8)19-14-12-11-13-15-19)24(32)28-23(26(4,5)6)25(33)29(9)21(18(2)3)16-17-22(30)31/h11-18,20-21,23H,10H2,1-9H3,(H,28,32)(H,30,31)/b17-16+/t20-,21-,23-/m1/s1. The molecule has 0 aliphatic carbocycles. The molecular formula is C27H42N2O4. The number of nitrogens with zero attached hydrogens (tertiary/aromatic N) is 1. The highest BCUT2D eigenvalue weighted by Crippen LogP contribution is 2.34. The van der Waals surface area contributed by atoms with Crippen molar-refractivity contribution in [3.05, 3.63) is 48.0 Å². The van der Waals surface area contributed by atoms with Gasteiger partial charge in [0, 0.05) is 24.5 Å². The molecule has 6 heteroatoms. The van der Waals surface area contributed by atoms with Gasteiger partial charge < -0.3 is 15.3 Å². The number of benzene rings is 1. The molecule has 0 bridgehead atoms. The van der Waals surface area contributed by atoms with Gasteiger partial charge in [0.15, 0.2) is 0 Å². The van der Waals surface area contributed by atoms with Crippen molar-refractivity contribution in [3.63, 3.8) is 0 Å². The van der Waals surface area contributed by atoms with Crippen molar-refractivity contribution in [1.29, 1.82) is 0 Å². The normalized spacial score (nSPS) is 15.2. The third-order valence-electron chi connectivity index (χ3n) is 6.43. The number of hydrogen-bond donors (Lipinski definition) is 2. The summed E-state index contributed by atoms with van der Waals surface area (Å²) in [6, 6.07) is 8.78. The van der Waals surface area contributed by atoms with Crippen LogP contribution in [0.15, 0.2) is 42.5 Å². The Hall–Kier alpha value is -2.63. The fourth-order valence-corrected chi connectivity index (χ4v) is 4.31. The molecule has 3 atom stereocenters. The quantitative estimate of drug-likeness (QED) is 0.500. The molecule has 184 valence electrons. The highest BCUT2D eigenvalue weighted by atomic mass is 16.4. The minimum atomic E-state index is -1.06. The number of carboxylic acid groups (broad SMARTS) is 1. The summed E-state index contributed by atoms with van der Waals surface area (Å²) in [7, 11) is 1.66. The number of likely N-dealkylation sites (N-methyl/N-ethyl adjacent to an activating group) is 1. The monoisotopic (exact) mass is 458 g/mol. The van der Waals surface area contributed by atoms with Gasteiger partial charge in [-0.1, -0.05) is 91.8 Å². The van der Waals surface area contributed by atoms with Crippen LogP contribution >= 0.6 is 0 Å². The molecule has 1 aromatic rings. The number of aliphatic carboxylic acids is 1. The van der Waals surface area contributed by atoms with Gasteiger partial charge in [0.25, 0.3) is 0 Å². The fraction of sp³-hybridized carbons (Fsp3) is 0.593. The molecule has 2 amide bonds. The molecule has 33 heavy (non-hydrogen) atoms. The second-order valence-electron chi connectivity index (χ2n) is 10.7. The highest BCUT2D eigenvalue weighted by Gasteiger charge is 2.41. The molecule has 0 aliphatic rings. The van der Waals surface area contributed by atoms with E-state index in [1.807, 2.05) is 71.9 Å². The lowest BCUT2D eigenvalue weighted by molar-refractivity contribution is -0.141. The molecule has 6 nitrogen and oxygen atoms in total. The van der Waals surface area contributed by atoms with Gasteiger partial charge in [0.1, 0.15) is 6.04 Å². The molecule has 1 rings (SSSR count). The highest BCUT2D eigenvalue weighted by molar-refractivity contribution is 5.90. The SMILES string of the molecule is CC[C@H](C(=O)N[C@H](C(=O)N(C)[C@H](/C=C/C(=O)O)C(C)C)C(C)(C)C)C(C)(C)c1ccccc1. The van der Waals surface area contributed by atoms with Gasteiger partial charge in [-0.2, -0.15) is 0 Å². The predicted molar refractivity (Wildman–Crippen MR) is 133 cm³/mol. The van der Waals surface area contributed by atoms with Crippen molar-refractivity contribution in [1.82, 2.24) is 10.2 Å². The first kappa shape index (κ1) is 28.4. The summed E-state index contributed by atoms with van der Waals surface area (Å²) in [5.41, 5.74) is 0.123. The lowest BCUT2D eigenvalue weighted by Gasteiger charge is -2.39. The molecule has 0 radical (unpaired) electrons. The van der Waals surface area contributed by atoms with E-state index >= 15 is 0 Å². The molecule has 0 saturated carbocycles. The number of rotatable bonds is 10. The summed E-state index contributed by atoms with van der Waals surface area (Å²) in [5, 5.41) is 12.1.